The first-order valence-corrected chi connectivity index (χ1v) is 4.70. The van der Waals surface area contributed by atoms with E-state index in [-0.39, 0.29) is 18.3 Å². The fourth-order valence-corrected chi connectivity index (χ4v) is 1.05. The van der Waals surface area contributed by atoms with Crippen molar-refractivity contribution < 1.29 is 9.53 Å². The zero-order chi connectivity index (χ0) is 8.53. The number of thiol groups is 1. The first kappa shape index (κ1) is 10.7. The molecule has 5 heteroatoms. The van der Waals surface area contributed by atoms with E-state index in [0.29, 0.717) is 11.5 Å². The Morgan fingerprint density at radius 2 is 2.45 bits per heavy atom. The number of carbonyl (C=O) groups is 1. The summed E-state index contributed by atoms with van der Waals surface area (Å²) in [7, 11) is 0. The summed E-state index contributed by atoms with van der Waals surface area (Å²) in [6.45, 7) is 0.189. The van der Waals surface area contributed by atoms with Gasteiger partial charge in [0.2, 0.25) is 0 Å². The summed E-state index contributed by atoms with van der Waals surface area (Å²) >= 11 is 5.00. The maximum atomic E-state index is 10.7. The molecule has 0 radical (unpaired) electrons. The lowest BCUT2D eigenvalue weighted by Crippen LogP contribution is -1.99. The minimum absolute atomic E-state index is 0.189. The van der Waals surface area contributed by atoms with Gasteiger partial charge >= 0.3 is 5.30 Å². The second-order valence-corrected chi connectivity index (χ2v) is 3.06. The molecule has 0 aromatic rings. The molecule has 0 saturated carbocycles. The molecule has 0 aromatic carbocycles. The Balaban J connectivity index is 3.17. The first-order chi connectivity index (χ1) is 5.31. The fraction of sp³-hybridized carbons (Fsp3) is 0.667. The van der Waals surface area contributed by atoms with E-state index >= 15 is 0 Å². The van der Waals surface area contributed by atoms with E-state index in [1.54, 1.807) is 0 Å². The molecule has 0 aliphatic carbocycles. The van der Waals surface area contributed by atoms with Gasteiger partial charge in [0.05, 0.1) is 12.5 Å². The Morgan fingerprint density at radius 1 is 1.73 bits per heavy atom. The predicted octanol–water partition coefficient (Wildman–Crippen LogP) is 1.70. The number of thioether (sulfide) groups is 1. The van der Waals surface area contributed by atoms with Crippen LogP contribution in [0.15, 0.2) is 0 Å². The number of hydrogen-bond donors (Lipinski definition) is 1. The maximum Gasteiger partial charge on any atom is 0.367 e. The molecule has 0 spiro atoms. The van der Waals surface area contributed by atoms with Crippen molar-refractivity contribution in [1.82, 2.24) is 0 Å². The van der Waals surface area contributed by atoms with Crippen molar-refractivity contribution in [2.45, 2.75) is 6.42 Å². The molecular formula is C6H9NO2S2. The summed E-state index contributed by atoms with van der Waals surface area (Å²) in [5.74, 6) is 1.30. The van der Waals surface area contributed by atoms with Gasteiger partial charge in [-0.15, -0.1) is 0 Å². The number of ether oxygens (including phenoxy) is 1. The van der Waals surface area contributed by atoms with Crippen molar-refractivity contribution in [3.8, 4) is 6.07 Å². The van der Waals surface area contributed by atoms with E-state index in [0.717, 1.165) is 11.8 Å². The molecule has 0 N–H and O–H groups in total. The normalized spacial score (nSPS) is 8.73. The van der Waals surface area contributed by atoms with Gasteiger partial charge in [-0.1, -0.05) is 0 Å². The molecule has 0 aliphatic heterocycles. The van der Waals surface area contributed by atoms with Crippen LogP contribution in [0.5, 0.6) is 0 Å². The first-order valence-electron chi connectivity index (χ1n) is 3.08. The standard InChI is InChI=1S/C6H9NO2S2/c7-2-1-3-9-6(8)11-5-4-10/h10H,1,3-5H2. The highest BCUT2D eigenvalue weighted by Gasteiger charge is 2.00. The predicted molar refractivity (Wildman–Crippen MR) is 47.9 cm³/mol. The van der Waals surface area contributed by atoms with E-state index in [1.165, 1.54) is 0 Å². The van der Waals surface area contributed by atoms with Crippen LogP contribution in [0.4, 0.5) is 4.79 Å². The summed E-state index contributed by atoms with van der Waals surface area (Å²) in [6, 6.07) is 1.88. The summed E-state index contributed by atoms with van der Waals surface area (Å²) in [5.41, 5.74) is 0. The minimum Gasteiger partial charge on any atom is -0.456 e. The number of rotatable bonds is 4. The van der Waals surface area contributed by atoms with Gasteiger partial charge in [0.15, 0.2) is 0 Å². The largest absolute Gasteiger partial charge is 0.456 e. The molecule has 11 heavy (non-hydrogen) atoms. The van der Waals surface area contributed by atoms with Gasteiger partial charge in [0.1, 0.15) is 6.61 Å². The molecular weight excluding hydrogens is 182 g/mol. The monoisotopic (exact) mass is 191 g/mol. The zero-order valence-corrected chi connectivity index (χ0v) is 7.66. The zero-order valence-electron chi connectivity index (χ0n) is 5.95. The molecule has 0 aliphatic rings. The molecule has 0 aromatic heterocycles. The molecule has 0 rings (SSSR count). The summed E-state index contributed by atoms with van der Waals surface area (Å²) in [4.78, 5) is 10.7. The highest BCUT2D eigenvalue weighted by atomic mass is 32.2. The van der Waals surface area contributed by atoms with Crippen LogP contribution < -0.4 is 0 Å². The maximum absolute atomic E-state index is 10.7. The van der Waals surface area contributed by atoms with Crippen LogP contribution in [-0.4, -0.2) is 23.4 Å². The summed E-state index contributed by atoms with van der Waals surface area (Å²) < 4.78 is 4.65. The van der Waals surface area contributed by atoms with Crippen LogP contribution in [0, 0.1) is 11.3 Å². The van der Waals surface area contributed by atoms with Crippen molar-refractivity contribution >= 4 is 29.7 Å². The van der Waals surface area contributed by atoms with Gasteiger partial charge in [0, 0.05) is 5.75 Å². The summed E-state index contributed by atoms with van der Waals surface area (Å²) in [6.07, 6.45) is 0.257. The molecule has 0 atom stereocenters. The molecule has 0 heterocycles. The molecule has 0 unspecified atom stereocenters. The van der Waals surface area contributed by atoms with E-state index in [4.69, 9.17) is 5.26 Å². The molecule has 0 fully saturated rings. The van der Waals surface area contributed by atoms with Gasteiger partial charge in [-0.05, 0) is 17.5 Å². The van der Waals surface area contributed by atoms with Crippen LogP contribution in [0.1, 0.15) is 6.42 Å². The highest BCUT2D eigenvalue weighted by Crippen LogP contribution is 2.05. The van der Waals surface area contributed by atoms with Gasteiger partial charge in [-0.2, -0.15) is 17.9 Å². The molecule has 0 amide bonds. The molecule has 3 nitrogen and oxygen atoms in total. The topological polar surface area (TPSA) is 50.1 Å². The van der Waals surface area contributed by atoms with Crippen LogP contribution in [0.2, 0.25) is 0 Å². The van der Waals surface area contributed by atoms with Gasteiger partial charge < -0.3 is 4.74 Å². The van der Waals surface area contributed by atoms with Crippen LogP contribution in [0.3, 0.4) is 0 Å². The van der Waals surface area contributed by atoms with Gasteiger partial charge in [-0.25, -0.2) is 4.79 Å². The van der Waals surface area contributed by atoms with Crippen molar-refractivity contribution in [2.24, 2.45) is 0 Å². The van der Waals surface area contributed by atoms with Crippen molar-refractivity contribution in [3.05, 3.63) is 0 Å². The molecule has 0 saturated heterocycles. The SMILES string of the molecule is N#CCCOC(=O)SCCS. The Labute approximate surface area is 75.5 Å². The number of carbonyl (C=O) groups excluding carboxylic acids is 1. The Hall–Kier alpha value is -0.340. The fourth-order valence-electron chi connectivity index (χ4n) is 0.351. The third-order valence-electron chi connectivity index (χ3n) is 0.745. The number of hydrogen-bond acceptors (Lipinski definition) is 5. The van der Waals surface area contributed by atoms with Crippen molar-refractivity contribution in [2.75, 3.05) is 18.1 Å². The van der Waals surface area contributed by atoms with Crippen LogP contribution in [0.25, 0.3) is 0 Å². The van der Waals surface area contributed by atoms with E-state index in [2.05, 4.69) is 17.4 Å². The quantitative estimate of drug-likeness (QED) is 0.417. The van der Waals surface area contributed by atoms with Crippen molar-refractivity contribution in [1.29, 1.82) is 5.26 Å². The van der Waals surface area contributed by atoms with Crippen molar-refractivity contribution in [3.63, 3.8) is 0 Å². The smallest absolute Gasteiger partial charge is 0.367 e. The van der Waals surface area contributed by atoms with E-state index < -0.39 is 0 Å². The van der Waals surface area contributed by atoms with Crippen LogP contribution in [-0.2, 0) is 4.74 Å². The Morgan fingerprint density at radius 3 is 3.00 bits per heavy atom. The number of nitriles is 1. The third kappa shape index (κ3) is 7.56. The minimum atomic E-state index is -0.325. The lowest BCUT2D eigenvalue weighted by molar-refractivity contribution is 0.178. The van der Waals surface area contributed by atoms with E-state index in [9.17, 15) is 4.79 Å². The molecule has 62 valence electrons. The van der Waals surface area contributed by atoms with Crippen LogP contribution >= 0.6 is 24.4 Å². The Bertz CT molecular complexity index is 155. The second kappa shape index (κ2) is 7.76. The lowest BCUT2D eigenvalue weighted by Gasteiger charge is -1.98. The average Bonchev–Trinajstić information content (AvgIpc) is 2.01. The average molecular weight is 191 g/mol. The van der Waals surface area contributed by atoms with Gasteiger partial charge in [-0.3, -0.25) is 0 Å². The Kier molecular flexibility index (Phi) is 7.52. The second-order valence-electron chi connectivity index (χ2n) is 1.58. The third-order valence-corrected chi connectivity index (χ3v) is 2.03. The molecule has 0 bridgehead atoms. The summed E-state index contributed by atoms with van der Waals surface area (Å²) in [5, 5.41) is 7.77. The van der Waals surface area contributed by atoms with E-state index in [1.807, 2.05) is 6.07 Å². The van der Waals surface area contributed by atoms with Gasteiger partial charge in [0.25, 0.3) is 0 Å². The lowest BCUT2D eigenvalue weighted by atomic mass is 10.5. The number of nitrogens with zero attached hydrogens (tertiary/aromatic N) is 1. The highest BCUT2D eigenvalue weighted by molar-refractivity contribution is 8.13.